The van der Waals surface area contributed by atoms with Crippen molar-refractivity contribution in [1.29, 1.82) is 0 Å². The van der Waals surface area contributed by atoms with Gasteiger partial charge in [-0.1, -0.05) is 12.1 Å². The van der Waals surface area contributed by atoms with Crippen molar-refractivity contribution < 1.29 is 17.9 Å². The van der Waals surface area contributed by atoms with E-state index in [1.165, 1.54) is 24.7 Å². The molecule has 0 bridgehead atoms. The van der Waals surface area contributed by atoms with E-state index in [9.17, 15) is 13.5 Å². The Morgan fingerprint density at radius 1 is 1.12 bits per heavy atom. The van der Waals surface area contributed by atoms with Crippen LogP contribution in [-0.4, -0.2) is 19.8 Å². The normalized spacial score (nSPS) is 13.5. The molecule has 1 heterocycles. The minimum absolute atomic E-state index is 0.237. The molecule has 90 valence electrons. The Kier molecular flexibility index (Phi) is 3.04. The van der Waals surface area contributed by atoms with E-state index in [0.29, 0.717) is 11.1 Å². The maximum absolute atomic E-state index is 11.3. The van der Waals surface area contributed by atoms with E-state index in [-0.39, 0.29) is 4.90 Å². The second-order valence-corrected chi connectivity index (χ2v) is 5.82. The Labute approximate surface area is 99.4 Å². The van der Waals surface area contributed by atoms with Crippen LogP contribution < -0.4 is 0 Å². The zero-order chi connectivity index (χ0) is 12.5. The van der Waals surface area contributed by atoms with Crippen molar-refractivity contribution in [3.63, 3.8) is 0 Å². The molecule has 0 amide bonds. The molecule has 0 spiro atoms. The standard InChI is InChI=1S/C12H12O4S/c1-17(14,15)11-4-2-9(3-5-11)12(13)10-6-7-16-8-10/h2-8,12-13H,1H3. The number of sulfone groups is 1. The SMILES string of the molecule is CS(=O)(=O)c1ccc(C(O)c2ccoc2)cc1. The van der Waals surface area contributed by atoms with Crippen LogP contribution in [0.1, 0.15) is 17.2 Å². The first-order valence-corrected chi connectivity index (χ1v) is 6.88. The van der Waals surface area contributed by atoms with Crippen LogP contribution in [0.4, 0.5) is 0 Å². The number of hydrogen-bond acceptors (Lipinski definition) is 4. The lowest BCUT2D eigenvalue weighted by molar-refractivity contribution is 0.219. The Hall–Kier alpha value is -1.59. The van der Waals surface area contributed by atoms with Crippen molar-refractivity contribution in [3.8, 4) is 0 Å². The lowest BCUT2D eigenvalue weighted by Crippen LogP contribution is -2.00. The maximum atomic E-state index is 11.3. The predicted molar refractivity (Wildman–Crippen MR) is 62.3 cm³/mol. The molecule has 0 saturated heterocycles. The summed E-state index contributed by atoms with van der Waals surface area (Å²) in [6, 6.07) is 7.80. The highest BCUT2D eigenvalue weighted by atomic mass is 32.2. The molecule has 0 aliphatic heterocycles. The molecule has 2 rings (SSSR count). The van der Waals surface area contributed by atoms with Gasteiger partial charge in [0.25, 0.3) is 0 Å². The summed E-state index contributed by atoms with van der Waals surface area (Å²) in [7, 11) is -3.20. The zero-order valence-corrected chi connectivity index (χ0v) is 10.0. The highest BCUT2D eigenvalue weighted by Crippen LogP contribution is 2.23. The molecular weight excluding hydrogens is 240 g/mol. The third kappa shape index (κ3) is 2.57. The first kappa shape index (κ1) is 11.9. The first-order chi connectivity index (χ1) is 7.98. The summed E-state index contributed by atoms with van der Waals surface area (Å²) in [5.41, 5.74) is 1.26. The molecule has 0 aliphatic carbocycles. The monoisotopic (exact) mass is 252 g/mol. The number of benzene rings is 1. The van der Waals surface area contributed by atoms with Gasteiger partial charge in [0.1, 0.15) is 6.10 Å². The summed E-state index contributed by atoms with van der Waals surface area (Å²) in [5.74, 6) is 0. The van der Waals surface area contributed by atoms with Gasteiger partial charge in [-0.25, -0.2) is 8.42 Å². The third-order valence-electron chi connectivity index (χ3n) is 2.48. The van der Waals surface area contributed by atoms with Gasteiger partial charge in [-0.2, -0.15) is 0 Å². The number of aliphatic hydroxyl groups excluding tert-OH is 1. The van der Waals surface area contributed by atoms with E-state index in [1.54, 1.807) is 18.2 Å². The molecule has 4 nitrogen and oxygen atoms in total. The third-order valence-corrected chi connectivity index (χ3v) is 3.61. The molecular formula is C12H12O4S. The number of aliphatic hydroxyl groups is 1. The summed E-state index contributed by atoms with van der Waals surface area (Å²) in [5, 5.41) is 9.96. The van der Waals surface area contributed by atoms with Crippen LogP contribution in [0.5, 0.6) is 0 Å². The minimum Gasteiger partial charge on any atom is -0.472 e. The molecule has 1 aromatic heterocycles. The Balaban J connectivity index is 2.30. The molecule has 1 aromatic carbocycles. The van der Waals surface area contributed by atoms with Gasteiger partial charge in [-0.15, -0.1) is 0 Å². The fraction of sp³-hybridized carbons (Fsp3) is 0.167. The van der Waals surface area contributed by atoms with Crippen LogP contribution in [0, 0.1) is 0 Å². The second-order valence-electron chi connectivity index (χ2n) is 3.80. The van der Waals surface area contributed by atoms with Crippen LogP contribution in [-0.2, 0) is 9.84 Å². The van der Waals surface area contributed by atoms with Crippen LogP contribution >= 0.6 is 0 Å². The Morgan fingerprint density at radius 3 is 2.24 bits per heavy atom. The Bertz CT molecular complexity index is 582. The van der Waals surface area contributed by atoms with Crippen molar-refractivity contribution in [2.45, 2.75) is 11.0 Å². The van der Waals surface area contributed by atoms with Gasteiger partial charge in [0.2, 0.25) is 0 Å². The van der Waals surface area contributed by atoms with Gasteiger partial charge >= 0.3 is 0 Å². The van der Waals surface area contributed by atoms with E-state index in [1.807, 2.05) is 0 Å². The van der Waals surface area contributed by atoms with Crippen LogP contribution in [0.2, 0.25) is 0 Å². The summed E-state index contributed by atoms with van der Waals surface area (Å²) in [4.78, 5) is 0.237. The average molecular weight is 252 g/mol. The van der Waals surface area contributed by atoms with Crippen molar-refractivity contribution in [2.75, 3.05) is 6.26 Å². The number of hydrogen-bond donors (Lipinski definition) is 1. The van der Waals surface area contributed by atoms with E-state index < -0.39 is 15.9 Å². The highest BCUT2D eigenvalue weighted by Gasteiger charge is 2.13. The molecule has 1 N–H and O–H groups in total. The molecule has 2 aromatic rings. The highest BCUT2D eigenvalue weighted by molar-refractivity contribution is 7.90. The largest absolute Gasteiger partial charge is 0.472 e. The van der Waals surface area contributed by atoms with Crippen molar-refractivity contribution in [1.82, 2.24) is 0 Å². The topological polar surface area (TPSA) is 67.5 Å². The average Bonchev–Trinajstić information content (AvgIpc) is 2.80. The fourth-order valence-corrected chi connectivity index (χ4v) is 2.15. The summed E-state index contributed by atoms with van der Waals surface area (Å²) >= 11 is 0. The predicted octanol–water partition coefficient (Wildman–Crippen LogP) is 1.76. The lowest BCUT2D eigenvalue weighted by atomic mass is 10.0. The molecule has 1 atom stereocenters. The van der Waals surface area contributed by atoms with E-state index >= 15 is 0 Å². The quantitative estimate of drug-likeness (QED) is 0.903. The van der Waals surface area contributed by atoms with Crippen molar-refractivity contribution in [2.24, 2.45) is 0 Å². The fourth-order valence-electron chi connectivity index (χ4n) is 1.52. The molecule has 0 radical (unpaired) electrons. The van der Waals surface area contributed by atoms with Gasteiger partial charge in [-0.3, -0.25) is 0 Å². The van der Waals surface area contributed by atoms with Gasteiger partial charge in [0, 0.05) is 11.8 Å². The lowest BCUT2D eigenvalue weighted by Gasteiger charge is -2.09. The van der Waals surface area contributed by atoms with E-state index in [0.717, 1.165) is 6.26 Å². The summed E-state index contributed by atoms with van der Waals surface area (Å²) in [6.45, 7) is 0. The minimum atomic E-state index is -3.20. The Morgan fingerprint density at radius 2 is 1.76 bits per heavy atom. The van der Waals surface area contributed by atoms with Crippen molar-refractivity contribution in [3.05, 3.63) is 54.0 Å². The smallest absolute Gasteiger partial charge is 0.175 e. The maximum Gasteiger partial charge on any atom is 0.175 e. The van der Waals surface area contributed by atoms with Crippen molar-refractivity contribution >= 4 is 9.84 Å². The van der Waals surface area contributed by atoms with Crippen LogP contribution in [0.3, 0.4) is 0 Å². The summed E-state index contributed by atoms with van der Waals surface area (Å²) in [6.07, 6.45) is 3.27. The molecule has 0 aliphatic rings. The molecule has 5 heteroatoms. The van der Waals surface area contributed by atoms with Gasteiger partial charge in [-0.05, 0) is 23.8 Å². The van der Waals surface area contributed by atoms with E-state index in [2.05, 4.69) is 0 Å². The molecule has 0 fully saturated rings. The first-order valence-electron chi connectivity index (χ1n) is 4.98. The second kappa shape index (κ2) is 4.35. The zero-order valence-electron chi connectivity index (χ0n) is 9.20. The van der Waals surface area contributed by atoms with Crippen LogP contribution in [0.15, 0.2) is 52.2 Å². The molecule has 17 heavy (non-hydrogen) atoms. The number of rotatable bonds is 3. The van der Waals surface area contributed by atoms with Crippen LogP contribution in [0.25, 0.3) is 0 Å². The van der Waals surface area contributed by atoms with E-state index in [4.69, 9.17) is 4.42 Å². The summed E-state index contributed by atoms with van der Waals surface area (Å²) < 4.78 is 27.4. The molecule has 1 unspecified atom stereocenters. The van der Waals surface area contributed by atoms with Gasteiger partial charge in [0.05, 0.1) is 17.4 Å². The van der Waals surface area contributed by atoms with Gasteiger partial charge < -0.3 is 9.52 Å². The molecule has 0 saturated carbocycles. The number of furan rings is 1. The van der Waals surface area contributed by atoms with Gasteiger partial charge in [0.15, 0.2) is 9.84 Å².